The molecule has 0 fully saturated rings. The van der Waals surface area contributed by atoms with Crippen molar-refractivity contribution in [3.05, 3.63) is 59.7 Å². The third-order valence-electron chi connectivity index (χ3n) is 3.14. The summed E-state index contributed by atoms with van der Waals surface area (Å²) >= 11 is 0. The van der Waals surface area contributed by atoms with Crippen LogP contribution in [0.1, 0.15) is 23.0 Å². The number of nitrogens with zero attached hydrogens (tertiary/aromatic N) is 2. The van der Waals surface area contributed by atoms with Gasteiger partial charge in [-0.25, -0.2) is 4.39 Å². The predicted molar refractivity (Wildman–Crippen MR) is 78.9 cm³/mol. The molecule has 2 aromatic rings. The van der Waals surface area contributed by atoms with Crippen molar-refractivity contribution < 1.29 is 9.18 Å². The summed E-state index contributed by atoms with van der Waals surface area (Å²) in [5.74, 6) is 4.46. The predicted octanol–water partition coefficient (Wildman–Crippen LogP) is 2.17. The minimum atomic E-state index is -0.558. The van der Waals surface area contributed by atoms with Crippen LogP contribution < -0.4 is 11.3 Å². The summed E-state index contributed by atoms with van der Waals surface area (Å²) < 4.78 is 13.7. The lowest BCUT2D eigenvalue weighted by atomic mass is 10.1. The molecule has 1 amide bonds. The second kappa shape index (κ2) is 6.81. The lowest BCUT2D eigenvalue weighted by Crippen LogP contribution is -2.31. The summed E-state index contributed by atoms with van der Waals surface area (Å²) in [6, 6.07) is 9.78. The van der Waals surface area contributed by atoms with Gasteiger partial charge in [-0.3, -0.25) is 15.6 Å². The molecule has 0 saturated carbocycles. The Kier molecular flexibility index (Phi) is 4.84. The molecule has 3 N–H and O–H groups in total. The number of carbonyl (C=O) groups is 1. The van der Waals surface area contributed by atoms with Crippen molar-refractivity contribution in [2.45, 2.75) is 13.5 Å². The largest absolute Gasteiger partial charge is 0.333 e. The quantitative estimate of drug-likeness (QED) is 0.653. The molecule has 0 aliphatic rings. The fourth-order valence-electron chi connectivity index (χ4n) is 2.03. The summed E-state index contributed by atoms with van der Waals surface area (Å²) in [5.41, 5.74) is 3.23. The van der Waals surface area contributed by atoms with Crippen LogP contribution in [0.2, 0.25) is 0 Å². The van der Waals surface area contributed by atoms with E-state index >= 15 is 0 Å². The molecule has 0 bridgehead atoms. The topological polar surface area (TPSA) is 71.2 Å². The number of hydrazine groups is 1. The van der Waals surface area contributed by atoms with Gasteiger partial charge in [0.15, 0.2) is 0 Å². The monoisotopic (exact) mass is 288 g/mol. The first-order valence-electron chi connectivity index (χ1n) is 6.61. The van der Waals surface area contributed by atoms with Gasteiger partial charge < -0.3 is 10.3 Å². The highest BCUT2D eigenvalue weighted by Gasteiger charge is 2.20. The van der Waals surface area contributed by atoms with Crippen LogP contribution in [0, 0.1) is 5.82 Å². The molecule has 0 aliphatic heterocycles. The Bertz CT molecular complexity index is 618. The summed E-state index contributed by atoms with van der Waals surface area (Å²) in [5, 5.41) is 0. The molecular formula is C15H17FN4O. The molecule has 0 unspecified atom stereocenters. The zero-order valence-corrected chi connectivity index (χ0v) is 11.7. The molecule has 0 aliphatic carbocycles. The SMILES string of the molecule is CCN(Cc1ccccn1)C(=O)c1cccc(F)c1NN. The maximum Gasteiger partial charge on any atom is 0.256 e. The van der Waals surface area contributed by atoms with Gasteiger partial charge in [-0.1, -0.05) is 12.1 Å². The van der Waals surface area contributed by atoms with Gasteiger partial charge in [0.25, 0.3) is 5.91 Å². The van der Waals surface area contributed by atoms with Crippen molar-refractivity contribution in [3.63, 3.8) is 0 Å². The Hall–Kier alpha value is -2.47. The minimum absolute atomic E-state index is 0.00182. The van der Waals surface area contributed by atoms with E-state index in [-0.39, 0.29) is 17.2 Å². The van der Waals surface area contributed by atoms with Gasteiger partial charge in [0.2, 0.25) is 0 Å². The Morgan fingerprint density at radius 2 is 2.14 bits per heavy atom. The molecule has 110 valence electrons. The van der Waals surface area contributed by atoms with Crippen LogP contribution >= 0.6 is 0 Å². The molecule has 5 nitrogen and oxygen atoms in total. The van der Waals surface area contributed by atoms with E-state index in [0.717, 1.165) is 5.69 Å². The molecule has 0 spiro atoms. The number of benzene rings is 1. The van der Waals surface area contributed by atoms with Gasteiger partial charge in [0, 0.05) is 12.7 Å². The maximum atomic E-state index is 13.7. The van der Waals surface area contributed by atoms with Crippen LogP contribution in [-0.2, 0) is 6.54 Å². The zero-order valence-electron chi connectivity index (χ0n) is 11.7. The number of hydrogen-bond donors (Lipinski definition) is 2. The second-order valence-corrected chi connectivity index (χ2v) is 4.45. The minimum Gasteiger partial charge on any atom is -0.333 e. The van der Waals surface area contributed by atoms with Gasteiger partial charge in [-0.15, -0.1) is 0 Å². The average Bonchev–Trinajstić information content (AvgIpc) is 2.52. The average molecular weight is 288 g/mol. The first-order valence-corrected chi connectivity index (χ1v) is 6.61. The van der Waals surface area contributed by atoms with E-state index in [4.69, 9.17) is 5.84 Å². The Labute approximate surface area is 122 Å². The molecule has 0 atom stereocenters. The van der Waals surface area contributed by atoms with Crippen molar-refractivity contribution in [1.29, 1.82) is 0 Å². The first kappa shape index (κ1) is 14.9. The van der Waals surface area contributed by atoms with Crippen LogP contribution in [0.25, 0.3) is 0 Å². The number of para-hydroxylation sites is 1. The van der Waals surface area contributed by atoms with E-state index in [1.807, 2.05) is 25.1 Å². The second-order valence-electron chi connectivity index (χ2n) is 4.45. The molecular weight excluding hydrogens is 271 g/mol. The van der Waals surface area contributed by atoms with Crippen molar-refractivity contribution in [2.24, 2.45) is 5.84 Å². The van der Waals surface area contributed by atoms with Gasteiger partial charge in [0.1, 0.15) is 5.82 Å². The zero-order chi connectivity index (χ0) is 15.2. The summed E-state index contributed by atoms with van der Waals surface area (Å²) in [7, 11) is 0. The fourth-order valence-corrected chi connectivity index (χ4v) is 2.03. The number of carbonyl (C=O) groups excluding carboxylic acids is 1. The number of amides is 1. The molecule has 1 aromatic heterocycles. The van der Waals surface area contributed by atoms with Crippen LogP contribution in [0.4, 0.5) is 10.1 Å². The van der Waals surface area contributed by atoms with Crippen molar-refractivity contribution in [1.82, 2.24) is 9.88 Å². The number of aromatic nitrogens is 1. The van der Waals surface area contributed by atoms with Gasteiger partial charge in [-0.05, 0) is 31.2 Å². The fraction of sp³-hybridized carbons (Fsp3) is 0.200. The van der Waals surface area contributed by atoms with Gasteiger partial charge in [0.05, 0.1) is 23.5 Å². The van der Waals surface area contributed by atoms with Crippen LogP contribution in [-0.4, -0.2) is 22.3 Å². The van der Waals surface area contributed by atoms with Crippen LogP contribution in [0.3, 0.4) is 0 Å². The maximum absolute atomic E-state index is 13.7. The number of rotatable bonds is 5. The van der Waals surface area contributed by atoms with E-state index in [9.17, 15) is 9.18 Å². The third kappa shape index (κ3) is 3.35. The molecule has 21 heavy (non-hydrogen) atoms. The molecule has 1 heterocycles. The van der Waals surface area contributed by atoms with Crippen molar-refractivity contribution in [2.75, 3.05) is 12.0 Å². The van der Waals surface area contributed by atoms with Crippen molar-refractivity contribution >= 4 is 11.6 Å². The standard InChI is InChI=1S/C15H17FN4O/c1-2-20(10-11-6-3-4-9-18-11)15(21)12-7-5-8-13(16)14(12)19-17/h3-9,19H,2,10,17H2,1H3. The normalized spacial score (nSPS) is 10.2. The number of nitrogens with two attached hydrogens (primary N) is 1. The van der Waals surface area contributed by atoms with E-state index in [1.165, 1.54) is 12.1 Å². The summed E-state index contributed by atoms with van der Waals surface area (Å²) in [6.45, 7) is 2.70. The highest BCUT2D eigenvalue weighted by molar-refractivity contribution is 5.99. The van der Waals surface area contributed by atoms with E-state index in [2.05, 4.69) is 10.4 Å². The van der Waals surface area contributed by atoms with E-state index in [0.29, 0.717) is 13.1 Å². The molecule has 0 radical (unpaired) electrons. The number of nitrogens with one attached hydrogen (secondary N) is 1. The Morgan fingerprint density at radius 3 is 2.76 bits per heavy atom. The van der Waals surface area contributed by atoms with Gasteiger partial charge >= 0.3 is 0 Å². The highest BCUT2D eigenvalue weighted by Crippen LogP contribution is 2.21. The lowest BCUT2D eigenvalue weighted by Gasteiger charge is -2.22. The third-order valence-corrected chi connectivity index (χ3v) is 3.14. The number of halogens is 1. The smallest absolute Gasteiger partial charge is 0.256 e. The lowest BCUT2D eigenvalue weighted by molar-refractivity contribution is 0.0751. The summed E-state index contributed by atoms with van der Waals surface area (Å²) in [4.78, 5) is 18.3. The van der Waals surface area contributed by atoms with Crippen LogP contribution in [0.5, 0.6) is 0 Å². The molecule has 6 heteroatoms. The number of pyridine rings is 1. The number of anilines is 1. The van der Waals surface area contributed by atoms with Crippen molar-refractivity contribution in [3.8, 4) is 0 Å². The summed E-state index contributed by atoms with van der Waals surface area (Å²) in [6.07, 6.45) is 1.67. The Balaban J connectivity index is 2.27. The Morgan fingerprint density at radius 1 is 1.33 bits per heavy atom. The van der Waals surface area contributed by atoms with E-state index < -0.39 is 5.82 Å². The van der Waals surface area contributed by atoms with Crippen LogP contribution in [0.15, 0.2) is 42.6 Å². The van der Waals surface area contributed by atoms with E-state index in [1.54, 1.807) is 17.2 Å². The van der Waals surface area contributed by atoms with Gasteiger partial charge in [-0.2, -0.15) is 0 Å². The first-order chi connectivity index (χ1) is 10.2. The molecule has 2 rings (SSSR count). The number of hydrogen-bond acceptors (Lipinski definition) is 4. The number of nitrogen functional groups attached to an aromatic ring is 1. The molecule has 1 aromatic carbocycles. The molecule has 0 saturated heterocycles. The highest BCUT2D eigenvalue weighted by atomic mass is 19.1.